The number of hydrogen-bond acceptors (Lipinski definition) is 9. The molecule has 26 heavy (non-hydrogen) atoms. The number of amides is 1. The van der Waals surface area contributed by atoms with Gasteiger partial charge in [-0.15, -0.1) is 0 Å². The van der Waals surface area contributed by atoms with E-state index in [4.69, 9.17) is 24.5 Å². The average Bonchev–Trinajstić information content (AvgIpc) is 2.52. The van der Waals surface area contributed by atoms with Crippen LogP contribution in [0, 0.1) is 0 Å². The third kappa shape index (κ3) is 7.36. The molecule has 12 nitrogen and oxygen atoms in total. The number of carbonyl (C=O) groups is 4. The Labute approximate surface area is 148 Å². The normalized spacial score (nSPS) is 24.6. The monoisotopic (exact) mass is 372 g/mol. The van der Waals surface area contributed by atoms with Gasteiger partial charge in [-0.2, -0.15) is 0 Å². The van der Waals surface area contributed by atoms with Crippen LogP contribution in [0.3, 0.4) is 0 Å². The van der Waals surface area contributed by atoms with E-state index in [0.717, 1.165) is 0 Å². The second-order valence-electron chi connectivity index (χ2n) is 5.38. The van der Waals surface area contributed by atoms with E-state index in [1.54, 1.807) is 0 Å². The molecular formula is C14H20N4O8. The van der Waals surface area contributed by atoms with Crippen molar-refractivity contribution in [3.05, 3.63) is 10.4 Å². The van der Waals surface area contributed by atoms with Crippen LogP contribution >= 0.6 is 0 Å². The third-order valence-corrected chi connectivity index (χ3v) is 3.19. The van der Waals surface area contributed by atoms with Gasteiger partial charge >= 0.3 is 17.9 Å². The van der Waals surface area contributed by atoms with Crippen molar-refractivity contribution >= 4 is 23.8 Å². The molecule has 4 atom stereocenters. The molecule has 1 amide bonds. The maximum Gasteiger partial charge on any atom is 0.303 e. The Morgan fingerprint density at radius 2 is 1.81 bits per heavy atom. The standard InChI is InChI=1S/C14H20N4O8/c1-7(19)23-6-11-14(25-9(3)21)10(24-8(2)20)4-13(26-11)17-12(22)5-16-18-15/h10-11,13-14H,4-6H2,1-3H3,(H,17,22)/t10-,11-,13-,14+/m1/s1. The van der Waals surface area contributed by atoms with E-state index in [1.807, 2.05) is 0 Å². The first kappa shape index (κ1) is 21.2. The van der Waals surface area contributed by atoms with Gasteiger partial charge in [-0.1, -0.05) is 5.11 Å². The summed E-state index contributed by atoms with van der Waals surface area (Å²) in [7, 11) is 0. The van der Waals surface area contributed by atoms with Gasteiger partial charge in [-0.3, -0.25) is 19.2 Å². The van der Waals surface area contributed by atoms with Crippen molar-refractivity contribution in [2.24, 2.45) is 5.11 Å². The number of azide groups is 1. The molecule has 0 unspecified atom stereocenters. The van der Waals surface area contributed by atoms with E-state index in [2.05, 4.69) is 15.3 Å². The zero-order valence-corrected chi connectivity index (χ0v) is 14.5. The molecule has 1 aliphatic rings. The van der Waals surface area contributed by atoms with Gasteiger partial charge < -0.3 is 24.3 Å². The molecule has 0 radical (unpaired) electrons. The number of carbonyl (C=O) groups excluding carboxylic acids is 4. The molecule has 144 valence electrons. The van der Waals surface area contributed by atoms with Crippen LogP contribution in [0.4, 0.5) is 0 Å². The van der Waals surface area contributed by atoms with Crippen LogP contribution < -0.4 is 5.32 Å². The Bertz CT molecular complexity index is 604. The minimum Gasteiger partial charge on any atom is -0.463 e. The molecule has 1 aliphatic heterocycles. The van der Waals surface area contributed by atoms with Crippen molar-refractivity contribution in [2.45, 2.75) is 51.7 Å². The molecule has 0 aromatic heterocycles. The fourth-order valence-electron chi connectivity index (χ4n) is 2.35. The predicted octanol–water partition coefficient (Wildman–Crippen LogP) is -0.0456. The Kier molecular flexibility index (Phi) is 8.32. The van der Waals surface area contributed by atoms with Crippen molar-refractivity contribution in [2.75, 3.05) is 13.2 Å². The van der Waals surface area contributed by atoms with Gasteiger partial charge in [-0.05, 0) is 5.53 Å². The van der Waals surface area contributed by atoms with E-state index in [9.17, 15) is 19.2 Å². The Hall–Kier alpha value is -2.85. The first-order valence-electron chi connectivity index (χ1n) is 7.66. The summed E-state index contributed by atoms with van der Waals surface area (Å²) in [6.45, 7) is 2.80. The number of esters is 3. The molecule has 1 saturated heterocycles. The van der Waals surface area contributed by atoms with Crippen LogP contribution in [0.1, 0.15) is 27.2 Å². The highest BCUT2D eigenvalue weighted by molar-refractivity contribution is 5.78. The molecule has 12 heteroatoms. The van der Waals surface area contributed by atoms with Gasteiger partial charge in [-0.25, -0.2) is 0 Å². The molecule has 1 N–H and O–H groups in total. The second-order valence-corrected chi connectivity index (χ2v) is 5.38. The fourth-order valence-corrected chi connectivity index (χ4v) is 2.35. The summed E-state index contributed by atoms with van der Waals surface area (Å²) in [4.78, 5) is 47.9. The Balaban J connectivity index is 2.95. The summed E-state index contributed by atoms with van der Waals surface area (Å²) < 4.78 is 20.8. The highest BCUT2D eigenvalue weighted by atomic mass is 16.6. The zero-order valence-electron chi connectivity index (χ0n) is 14.5. The highest BCUT2D eigenvalue weighted by Gasteiger charge is 2.44. The summed E-state index contributed by atoms with van der Waals surface area (Å²) in [5, 5.41) is 5.58. The molecule has 0 bridgehead atoms. The summed E-state index contributed by atoms with van der Waals surface area (Å²) in [5.41, 5.74) is 8.24. The molecule has 0 spiro atoms. The lowest BCUT2D eigenvalue weighted by Gasteiger charge is -2.40. The molecule has 1 rings (SSSR count). The quantitative estimate of drug-likeness (QED) is 0.213. The van der Waals surface area contributed by atoms with Crippen LogP contribution in [0.25, 0.3) is 10.4 Å². The summed E-state index contributed by atoms with van der Waals surface area (Å²) >= 11 is 0. The van der Waals surface area contributed by atoms with Crippen LogP contribution in [0.15, 0.2) is 5.11 Å². The summed E-state index contributed by atoms with van der Waals surface area (Å²) in [6, 6.07) is 0. The number of ether oxygens (including phenoxy) is 4. The maximum atomic E-state index is 11.7. The van der Waals surface area contributed by atoms with Crippen molar-refractivity contribution in [3.8, 4) is 0 Å². The molecule has 0 aliphatic carbocycles. The fraction of sp³-hybridized carbons (Fsp3) is 0.714. The molecular weight excluding hydrogens is 352 g/mol. The van der Waals surface area contributed by atoms with E-state index in [0.29, 0.717) is 0 Å². The first-order valence-corrected chi connectivity index (χ1v) is 7.66. The van der Waals surface area contributed by atoms with Crippen LogP contribution in [0.2, 0.25) is 0 Å². The van der Waals surface area contributed by atoms with Gasteiger partial charge in [0.2, 0.25) is 5.91 Å². The second kappa shape index (κ2) is 10.2. The van der Waals surface area contributed by atoms with Crippen LogP contribution in [0.5, 0.6) is 0 Å². The van der Waals surface area contributed by atoms with Gasteiger partial charge in [0, 0.05) is 32.1 Å². The average molecular weight is 372 g/mol. The number of nitrogens with one attached hydrogen (secondary N) is 1. The Morgan fingerprint density at radius 1 is 1.15 bits per heavy atom. The van der Waals surface area contributed by atoms with Gasteiger partial charge in [0.15, 0.2) is 6.10 Å². The summed E-state index contributed by atoms with van der Waals surface area (Å²) in [6.07, 6.45) is -3.90. The topological polar surface area (TPSA) is 166 Å². The van der Waals surface area contributed by atoms with E-state index < -0.39 is 54.9 Å². The van der Waals surface area contributed by atoms with Gasteiger partial charge in [0.25, 0.3) is 0 Å². The first-order chi connectivity index (χ1) is 12.2. The van der Waals surface area contributed by atoms with E-state index >= 15 is 0 Å². The molecule has 1 fully saturated rings. The third-order valence-electron chi connectivity index (χ3n) is 3.19. The minimum absolute atomic E-state index is 0.0178. The SMILES string of the molecule is CC(=O)OC[C@H]1O[C@@H](NC(=O)CN=[N+]=[N-])C[C@@H](OC(C)=O)[C@@H]1OC(C)=O. The number of hydrogen-bond donors (Lipinski definition) is 1. The lowest BCUT2D eigenvalue weighted by molar-refractivity contribution is -0.218. The van der Waals surface area contributed by atoms with E-state index in [-0.39, 0.29) is 13.0 Å². The van der Waals surface area contributed by atoms with Crippen molar-refractivity contribution < 1.29 is 38.1 Å². The molecule has 0 aromatic rings. The van der Waals surface area contributed by atoms with Crippen molar-refractivity contribution in [1.82, 2.24) is 5.32 Å². The number of rotatable bonds is 7. The van der Waals surface area contributed by atoms with Gasteiger partial charge in [0.05, 0.1) is 0 Å². The largest absolute Gasteiger partial charge is 0.463 e. The molecule has 0 saturated carbocycles. The molecule has 1 heterocycles. The summed E-state index contributed by atoms with van der Waals surface area (Å²) in [5.74, 6) is -2.48. The van der Waals surface area contributed by atoms with Gasteiger partial charge in [0.1, 0.15) is 31.6 Å². The van der Waals surface area contributed by atoms with Crippen molar-refractivity contribution in [1.29, 1.82) is 0 Å². The lowest BCUT2D eigenvalue weighted by Crippen LogP contribution is -2.57. The van der Waals surface area contributed by atoms with Crippen LogP contribution in [-0.4, -0.2) is 61.5 Å². The lowest BCUT2D eigenvalue weighted by atomic mass is 10.00. The zero-order chi connectivity index (χ0) is 19.7. The molecule has 0 aromatic carbocycles. The maximum absolute atomic E-state index is 11.7. The smallest absolute Gasteiger partial charge is 0.303 e. The van der Waals surface area contributed by atoms with Crippen molar-refractivity contribution in [3.63, 3.8) is 0 Å². The Morgan fingerprint density at radius 3 is 2.35 bits per heavy atom. The van der Waals surface area contributed by atoms with Crippen LogP contribution in [-0.2, 0) is 38.1 Å². The minimum atomic E-state index is -1.03. The number of nitrogens with zero attached hydrogens (tertiary/aromatic N) is 3. The highest BCUT2D eigenvalue weighted by Crippen LogP contribution is 2.25. The van der Waals surface area contributed by atoms with E-state index in [1.165, 1.54) is 20.8 Å². The predicted molar refractivity (Wildman–Crippen MR) is 83.2 cm³/mol.